The first-order valence-corrected chi connectivity index (χ1v) is 8.34. The molecule has 0 aliphatic heterocycles. The maximum absolute atomic E-state index is 11.9. The summed E-state index contributed by atoms with van der Waals surface area (Å²) in [5.74, 6) is -0.509. The lowest BCUT2D eigenvalue weighted by atomic mass is 10.1. The molecule has 0 spiro atoms. The van der Waals surface area contributed by atoms with Crippen molar-refractivity contribution < 1.29 is 9.59 Å². The van der Waals surface area contributed by atoms with Crippen molar-refractivity contribution in [2.45, 2.75) is 26.2 Å². The molecule has 0 fully saturated rings. The third kappa shape index (κ3) is 4.26. The topological polar surface area (TPSA) is 74.0 Å². The van der Waals surface area contributed by atoms with Crippen LogP contribution in [0.4, 0.5) is 0 Å². The molecule has 0 bridgehead atoms. The number of para-hydroxylation sites is 1. The summed E-state index contributed by atoms with van der Waals surface area (Å²) >= 11 is 0. The first-order chi connectivity index (χ1) is 12.1. The van der Waals surface area contributed by atoms with Crippen LogP contribution in [0.5, 0.6) is 0 Å². The first-order valence-electron chi connectivity index (χ1n) is 8.34. The number of carbonyl (C=O) groups excluding carboxylic acids is 2. The number of aromatic amines is 1. The largest absolute Gasteiger partial charge is 0.361 e. The number of hydrogen-bond acceptors (Lipinski definition) is 2. The van der Waals surface area contributed by atoms with Gasteiger partial charge in [-0.1, -0.05) is 35.9 Å². The molecule has 3 N–H and O–H groups in total. The van der Waals surface area contributed by atoms with Crippen molar-refractivity contribution in [2.75, 3.05) is 0 Å². The lowest BCUT2D eigenvalue weighted by molar-refractivity contribution is -0.121. The zero-order chi connectivity index (χ0) is 17.6. The molecule has 25 heavy (non-hydrogen) atoms. The second-order valence-corrected chi connectivity index (χ2v) is 6.08. The minimum absolute atomic E-state index is 0.194. The Balaban J connectivity index is 1.44. The molecular formula is C20H21N3O2. The van der Waals surface area contributed by atoms with Gasteiger partial charge in [-0.05, 0) is 43.5 Å². The van der Waals surface area contributed by atoms with Gasteiger partial charge in [-0.3, -0.25) is 20.4 Å². The summed E-state index contributed by atoms with van der Waals surface area (Å²) in [4.78, 5) is 27.1. The van der Waals surface area contributed by atoms with E-state index in [0.29, 0.717) is 18.4 Å². The fourth-order valence-electron chi connectivity index (χ4n) is 2.74. The molecule has 0 radical (unpaired) electrons. The summed E-state index contributed by atoms with van der Waals surface area (Å²) in [6, 6.07) is 15.3. The molecule has 2 aromatic carbocycles. The molecule has 3 rings (SSSR count). The average Bonchev–Trinajstić information content (AvgIpc) is 3.04. The third-order valence-electron chi connectivity index (χ3n) is 4.15. The number of hydrogen-bond donors (Lipinski definition) is 3. The van der Waals surface area contributed by atoms with Gasteiger partial charge in [-0.15, -0.1) is 0 Å². The van der Waals surface area contributed by atoms with E-state index in [1.54, 1.807) is 12.1 Å². The maximum atomic E-state index is 11.9. The van der Waals surface area contributed by atoms with E-state index in [1.807, 2.05) is 43.5 Å². The number of fused-ring (bicyclic) bond motifs is 1. The van der Waals surface area contributed by atoms with Crippen molar-refractivity contribution in [3.63, 3.8) is 0 Å². The Morgan fingerprint density at radius 3 is 2.56 bits per heavy atom. The SMILES string of the molecule is Cc1ccc(C(=O)NNC(=O)CCCc2c[nH]c3ccccc23)cc1. The van der Waals surface area contributed by atoms with Crippen LogP contribution in [-0.2, 0) is 11.2 Å². The molecular weight excluding hydrogens is 314 g/mol. The van der Waals surface area contributed by atoms with Crippen LogP contribution in [0.25, 0.3) is 10.9 Å². The Hall–Kier alpha value is -3.08. The van der Waals surface area contributed by atoms with E-state index in [1.165, 1.54) is 10.9 Å². The number of benzene rings is 2. The van der Waals surface area contributed by atoms with Gasteiger partial charge < -0.3 is 4.98 Å². The first kappa shape index (κ1) is 16.8. The number of rotatable bonds is 5. The monoisotopic (exact) mass is 335 g/mol. The second-order valence-electron chi connectivity index (χ2n) is 6.08. The summed E-state index contributed by atoms with van der Waals surface area (Å²) in [7, 11) is 0. The Kier molecular flexibility index (Phi) is 5.14. The molecule has 0 unspecified atom stereocenters. The molecule has 2 amide bonds. The fraction of sp³-hybridized carbons (Fsp3) is 0.200. The molecule has 1 heterocycles. The molecule has 0 aliphatic carbocycles. The van der Waals surface area contributed by atoms with E-state index in [2.05, 4.69) is 21.9 Å². The summed E-state index contributed by atoms with van der Waals surface area (Å²) in [5.41, 5.74) is 8.82. The highest BCUT2D eigenvalue weighted by atomic mass is 16.2. The molecule has 5 heteroatoms. The molecule has 5 nitrogen and oxygen atoms in total. The summed E-state index contributed by atoms with van der Waals surface area (Å²) in [6.07, 6.45) is 3.87. The van der Waals surface area contributed by atoms with Crippen molar-refractivity contribution >= 4 is 22.7 Å². The Morgan fingerprint density at radius 2 is 1.76 bits per heavy atom. The van der Waals surface area contributed by atoms with Crippen LogP contribution in [0.15, 0.2) is 54.7 Å². The summed E-state index contributed by atoms with van der Waals surface area (Å²) in [6.45, 7) is 1.96. The van der Waals surface area contributed by atoms with Crippen molar-refractivity contribution in [1.82, 2.24) is 15.8 Å². The number of H-pyrrole nitrogens is 1. The van der Waals surface area contributed by atoms with E-state index in [0.717, 1.165) is 17.5 Å². The molecule has 0 aliphatic rings. The van der Waals surface area contributed by atoms with Crippen LogP contribution in [-0.4, -0.2) is 16.8 Å². The van der Waals surface area contributed by atoms with Crippen LogP contribution in [0.2, 0.25) is 0 Å². The third-order valence-corrected chi connectivity index (χ3v) is 4.15. The van der Waals surface area contributed by atoms with E-state index in [9.17, 15) is 9.59 Å². The summed E-state index contributed by atoms with van der Waals surface area (Å²) in [5, 5.41) is 1.19. The Labute approximate surface area is 146 Å². The van der Waals surface area contributed by atoms with Gasteiger partial charge in [0.05, 0.1) is 0 Å². The van der Waals surface area contributed by atoms with Crippen molar-refractivity contribution in [3.8, 4) is 0 Å². The van der Waals surface area contributed by atoms with E-state index in [4.69, 9.17) is 0 Å². The Bertz CT molecular complexity index is 881. The molecule has 0 saturated carbocycles. The predicted octanol–water partition coefficient (Wildman–Crippen LogP) is 3.26. The quantitative estimate of drug-likeness (QED) is 0.626. The Morgan fingerprint density at radius 1 is 1.00 bits per heavy atom. The maximum Gasteiger partial charge on any atom is 0.269 e. The molecule has 1 aromatic heterocycles. The number of hydrazine groups is 1. The van der Waals surface area contributed by atoms with Crippen molar-refractivity contribution in [2.24, 2.45) is 0 Å². The normalized spacial score (nSPS) is 10.6. The molecule has 0 saturated heterocycles. The van der Waals surface area contributed by atoms with Gasteiger partial charge >= 0.3 is 0 Å². The van der Waals surface area contributed by atoms with E-state index < -0.39 is 0 Å². The lowest BCUT2D eigenvalue weighted by Gasteiger charge is -2.07. The van der Waals surface area contributed by atoms with Gasteiger partial charge in [-0.25, -0.2) is 0 Å². The van der Waals surface area contributed by atoms with Crippen LogP contribution in [0.1, 0.15) is 34.3 Å². The van der Waals surface area contributed by atoms with Gasteiger partial charge in [0.1, 0.15) is 0 Å². The van der Waals surface area contributed by atoms with Crippen LogP contribution < -0.4 is 10.9 Å². The standard InChI is InChI=1S/C20H21N3O2/c1-14-9-11-15(12-10-14)20(25)23-22-19(24)8-4-5-16-13-21-18-7-3-2-6-17(16)18/h2-3,6-7,9-13,21H,4-5,8H2,1H3,(H,22,24)(H,23,25). The van der Waals surface area contributed by atoms with Gasteiger partial charge in [0.2, 0.25) is 5.91 Å². The lowest BCUT2D eigenvalue weighted by Crippen LogP contribution is -2.41. The minimum atomic E-state index is -0.315. The second kappa shape index (κ2) is 7.66. The number of aromatic nitrogens is 1. The average molecular weight is 335 g/mol. The van der Waals surface area contributed by atoms with E-state index >= 15 is 0 Å². The minimum Gasteiger partial charge on any atom is -0.361 e. The number of carbonyl (C=O) groups is 2. The fourth-order valence-corrected chi connectivity index (χ4v) is 2.74. The number of amides is 2. The van der Waals surface area contributed by atoms with Crippen molar-refractivity contribution in [1.29, 1.82) is 0 Å². The number of aryl methyl sites for hydroxylation is 2. The van der Waals surface area contributed by atoms with Gasteiger partial charge in [0.25, 0.3) is 5.91 Å². The highest BCUT2D eigenvalue weighted by Crippen LogP contribution is 2.19. The molecule has 0 atom stereocenters. The van der Waals surface area contributed by atoms with Gasteiger partial charge in [0.15, 0.2) is 0 Å². The molecule has 128 valence electrons. The zero-order valence-corrected chi connectivity index (χ0v) is 14.1. The van der Waals surface area contributed by atoms with Gasteiger partial charge in [0, 0.05) is 29.1 Å². The van der Waals surface area contributed by atoms with Gasteiger partial charge in [-0.2, -0.15) is 0 Å². The summed E-state index contributed by atoms with van der Waals surface area (Å²) < 4.78 is 0. The van der Waals surface area contributed by atoms with Crippen LogP contribution >= 0.6 is 0 Å². The highest BCUT2D eigenvalue weighted by molar-refractivity contribution is 5.95. The highest BCUT2D eigenvalue weighted by Gasteiger charge is 2.08. The van der Waals surface area contributed by atoms with E-state index in [-0.39, 0.29) is 11.8 Å². The predicted molar refractivity (Wildman–Crippen MR) is 98.0 cm³/mol. The van der Waals surface area contributed by atoms with Crippen LogP contribution in [0, 0.1) is 6.92 Å². The zero-order valence-electron chi connectivity index (χ0n) is 14.1. The molecule has 3 aromatic rings. The smallest absolute Gasteiger partial charge is 0.269 e. The van der Waals surface area contributed by atoms with Crippen molar-refractivity contribution in [3.05, 3.63) is 71.4 Å². The number of nitrogens with one attached hydrogen (secondary N) is 3. The van der Waals surface area contributed by atoms with Crippen LogP contribution in [0.3, 0.4) is 0 Å².